The van der Waals surface area contributed by atoms with Crippen LogP contribution < -0.4 is 5.56 Å². The molecule has 1 rings (SSSR count). The van der Waals surface area contributed by atoms with Gasteiger partial charge in [0, 0.05) is 11.8 Å². The average Bonchev–Trinajstić information content (AvgIpc) is 1.97. The fourth-order valence-electron chi connectivity index (χ4n) is 0.878. The molecule has 5 heteroatoms. The monoisotopic (exact) mass is 285 g/mol. The van der Waals surface area contributed by atoms with Gasteiger partial charge >= 0.3 is 0 Å². The summed E-state index contributed by atoms with van der Waals surface area (Å²) < 4.78 is 24.7. The van der Waals surface area contributed by atoms with Gasteiger partial charge in [0.05, 0.1) is 3.57 Å². The van der Waals surface area contributed by atoms with Crippen LogP contribution in [0.1, 0.15) is 17.6 Å². The predicted octanol–water partition coefficient (Wildman–Crippen LogP) is 2.23. The lowest BCUT2D eigenvalue weighted by Crippen LogP contribution is -2.13. The zero-order valence-electron chi connectivity index (χ0n) is 6.20. The molecule has 1 aromatic heterocycles. The van der Waals surface area contributed by atoms with Crippen molar-refractivity contribution in [3.05, 3.63) is 31.2 Å². The van der Waals surface area contributed by atoms with Gasteiger partial charge < -0.3 is 4.98 Å². The fourth-order valence-corrected chi connectivity index (χ4v) is 1.69. The Morgan fingerprint density at radius 3 is 2.58 bits per heavy atom. The molecule has 0 aromatic carbocycles. The van der Waals surface area contributed by atoms with Crippen molar-refractivity contribution in [2.45, 2.75) is 13.3 Å². The smallest absolute Gasteiger partial charge is 0.265 e. The van der Waals surface area contributed by atoms with Crippen molar-refractivity contribution in [1.82, 2.24) is 4.98 Å². The summed E-state index contributed by atoms with van der Waals surface area (Å²) >= 11 is 1.62. The van der Waals surface area contributed by atoms with Crippen molar-refractivity contribution in [2.75, 3.05) is 0 Å². The second-order valence-corrected chi connectivity index (χ2v) is 3.41. The van der Waals surface area contributed by atoms with Gasteiger partial charge in [0.1, 0.15) is 0 Å². The number of rotatable bonds is 1. The van der Waals surface area contributed by atoms with Crippen LogP contribution in [0.25, 0.3) is 0 Å². The summed E-state index contributed by atoms with van der Waals surface area (Å²) in [5.41, 5.74) is -0.218. The van der Waals surface area contributed by atoms with Gasteiger partial charge in [0.2, 0.25) is 0 Å². The Balaban J connectivity index is 3.43. The van der Waals surface area contributed by atoms with Gasteiger partial charge in [-0.3, -0.25) is 4.79 Å². The molecule has 1 N–H and O–H groups in total. The third-order valence-corrected chi connectivity index (χ3v) is 2.57. The van der Waals surface area contributed by atoms with E-state index < -0.39 is 12.0 Å². The highest BCUT2D eigenvalue weighted by molar-refractivity contribution is 14.1. The molecule has 66 valence electrons. The summed E-state index contributed by atoms with van der Waals surface area (Å²) in [6.07, 6.45) is -1.29. The standard InChI is InChI=1S/C7H6F2INO/c1-3-2-11-7(12)5(10)4(3)6(8)9/h2,6H,1H3,(H,11,12). The van der Waals surface area contributed by atoms with Crippen LogP contribution >= 0.6 is 22.6 Å². The molecule has 1 heterocycles. The van der Waals surface area contributed by atoms with Gasteiger partial charge in [0.25, 0.3) is 12.0 Å². The Kier molecular flexibility index (Phi) is 2.81. The molecule has 0 aliphatic rings. The molecule has 0 bridgehead atoms. The number of alkyl halides is 2. The van der Waals surface area contributed by atoms with E-state index in [1.165, 1.54) is 6.20 Å². The summed E-state index contributed by atoms with van der Waals surface area (Å²) in [4.78, 5) is 13.3. The molecule has 1 aromatic rings. The minimum atomic E-state index is -2.58. The summed E-state index contributed by atoms with van der Waals surface area (Å²) in [5, 5.41) is 0. The van der Waals surface area contributed by atoms with E-state index >= 15 is 0 Å². The minimum Gasteiger partial charge on any atom is -0.328 e. The Labute approximate surface area is 81.1 Å². The van der Waals surface area contributed by atoms with Crippen LogP contribution in [0.15, 0.2) is 11.0 Å². The van der Waals surface area contributed by atoms with Crippen LogP contribution in [0.5, 0.6) is 0 Å². The maximum absolute atomic E-state index is 12.3. The van der Waals surface area contributed by atoms with Gasteiger partial charge in [-0.05, 0) is 35.1 Å². The number of nitrogens with one attached hydrogen (secondary N) is 1. The SMILES string of the molecule is Cc1c[nH]c(=O)c(I)c1C(F)F. The fraction of sp³-hybridized carbons (Fsp3) is 0.286. The number of hydrogen-bond acceptors (Lipinski definition) is 1. The first-order valence-corrected chi connectivity index (χ1v) is 4.27. The van der Waals surface area contributed by atoms with Crippen LogP contribution in [0.2, 0.25) is 0 Å². The van der Waals surface area contributed by atoms with Crippen molar-refractivity contribution >= 4 is 22.6 Å². The molecule has 0 saturated carbocycles. The molecule has 0 fully saturated rings. The lowest BCUT2D eigenvalue weighted by Gasteiger charge is -2.04. The second-order valence-electron chi connectivity index (χ2n) is 2.33. The molecular formula is C7H6F2INO. The molecule has 12 heavy (non-hydrogen) atoms. The number of aryl methyl sites for hydroxylation is 1. The lowest BCUT2D eigenvalue weighted by molar-refractivity contribution is 0.149. The van der Waals surface area contributed by atoms with Gasteiger partial charge in [0.15, 0.2) is 0 Å². The summed E-state index contributed by atoms with van der Waals surface area (Å²) in [7, 11) is 0. The third kappa shape index (κ3) is 1.65. The van der Waals surface area contributed by atoms with Crippen molar-refractivity contribution in [3.8, 4) is 0 Å². The number of aromatic nitrogens is 1. The summed E-state index contributed by atoms with van der Waals surface area (Å²) in [6.45, 7) is 1.54. The Hall–Kier alpha value is -0.460. The zero-order valence-corrected chi connectivity index (χ0v) is 8.35. The molecule has 0 spiro atoms. The zero-order chi connectivity index (χ0) is 9.30. The number of H-pyrrole nitrogens is 1. The van der Waals surface area contributed by atoms with Crippen LogP contribution in [0.4, 0.5) is 8.78 Å². The first-order chi connectivity index (χ1) is 5.54. The number of halogens is 3. The third-order valence-electron chi connectivity index (χ3n) is 1.50. The van der Waals surface area contributed by atoms with Crippen LogP contribution in [-0.4, -0.2) is 4.98 Å². The molecular weight excluding hydrogens is 279 g/mol. The van der Waals surface area contributed by atoms with E-state index in [-0.39, 0.29) is 9.13 Å². The highest BCUT2D eigenvalue weighted by Crippen LogP contribution is 2.24. The number of pyridine rings is 1. The van der Waals surface area contributed by atoms with Gasteiger partial charge in [-0.15, -0.1) is 0 Å². The highest BCUT2D eigenvalue weighted by atomic mass is 127. The quantitative estimate of drug-likeness (QED) is 0.788. The number of hydrogen-bond donors (Lipinski definition) is 1. The summed E-state index contributed by atoms with van der Waals surface area (Å²) in [5.74, 6) is 0. The molecule has 0 aliphatic heterocycles. The van der Waals surface area contributed by atoms with E-state index in [0.717, 1.165) is 0 Å². The topological polar surface area (TPSA) is 32.9 Å². The maximum Gasteiger partial charge on any atom is 0.265 e. The molecule has 0 unspecified atom stereocenters. The van der Waals surface area contributed by atoms with E-state index in [4.69, 9.17) is 0 Å². The van der Waals surface area contributed by atoms with E-state index in [9.17, 15) is 13.6 Å². The van der Waals surface area contributed by atoms with Gasteiger partial charge in [-0.25, -0.2) is 8.78 Å². The average molecular weight is 285 g/mol. The highest BCUT2D eigenvalue weighted by Gasteiger charge is 2.16. The van der Waals surface area contributed by atoms with Crippen LogP contribution in [0, 0.1) is 10.5 Å². The normalized spacial score (nSPS) is 10.8. The minimum absolute atomic E-state index is 0.0719. The van der Waals surface area contributed by atoms with E-state index in [0.29, 0.717) is 5.56 Å². The Morgan fingerprint density at radius 1 is 1.58 bits per heavy atom. The van der Waals surface area contributed by atoms with Gasteiger partial charge in [-0.1, -0.05) is 0 Å². The Bertz CT molecular complexity index is 348. The van der Waals surface area contributed by atoms with Crippen molar-refractivity contribution in [2.24, 2.45) is 0 Å². The molecule has 0 amide bonds. The Morgan fingerprint density at radius 2 is 2.17 bits per heavy atom. The van der Waals surface area contributed by atoms with E-state index in [1.807, 2.05) is 0 Å². The van der Waals surface area contributed by atoms with Crippen molar-refractivity contribution in [1.29, 1.82) is 0 Å². The molecule has 2 nitrogen and oxygen atoms in total. The van der Waals surface area contributed by atoms with E-state index in [2.05, 4.69) is 4.98 Å². The maximum atomic E-state index is 12.3. The molecule has 0 radical (unpaired) electrons. The number of aromatic amines is 1. The van der Waals surface area contributed by atoms with Crippen LogP contribution in [0.3, 0.4) is 0 Å². The predicted molar refractivity (Wildman–Crippen MR) is 49.5 cm³/mol. The van der Waals surface area contributed by atoms with Crippen molar-refractivity contribution in [3.63, 3.8) is 0 Å². The second kappa shape index (κ2) is 3.51. The van der Waals surface area contributed by atoms with E-state index in [1.54, 1.807) is 29.5 Å². The first-order valence-electron chi connectivity index (χ1n) is 3.20. The summed E-state index contributed by atoms with van der Waals surface area (Å²) in [6, 6.07) is 0. The molecule has 0 saturated heterocycles. The van der Waals surface area contributed by atoms with Crippen molar-refractivity contribution < 1.29 is 8.78 Å². The lowest BCUT2D eigenvalue weighted by atomic mass is 10.2. The first kappa shape index (κ1) is 9.63. The molecule has 0 atom stereocenters. The molecule has 0 aliphatic carbocycles. The van der Waals surface area contributed by atoms with Gasteiger partial charge in [-0.2, -0.15) is 0 Å². The largest absolute Gasteiger partial charge is 0.328 e. The van der Waals surface area contributed by atoms with Crippen LogP contribution in [-0.2, 0) is 0 Å².